The van der Waals surface area contributed by atoms with E-state index in [-0.39, 0.29) is 18.2 Å². The molecule has 1 atom stereocenters. The number of aromatic nitrogens is 3. The van der Waals surface area contributed by atoms with Crippen LogP contribution in [0.3, 0.4) is 0 Å². The van der Waals surface area contributed by atoms with Gasteiger partial charge in [0.15, 0.2) is 0 Å². The second kappa shape index (κ2) is 8.38. The molecule has 0 fully saturated rings. The summed E-state index contributed by atoms with van der Waals surface area (Å²) in [7, 11) is 0. The first kappa shape index (κ1) is 19.2. The molecule has 144 valence electrons. The van der Waals surface area contributed by atoms with E-state index in [4.69, 9.17) is 0 Å². The molecule has 0 aliphatic carbocycles. The fourth-order valence-electron chi connectivity index (χ4n) is 2.56. The topological polar surface area (TPSA) is 88.9 Å². The monoisotopic (exact) mass is 385 g/mol. The summed E-state index contributed by atoms with van der Waals surface area (Å²) in [5, 5.41) is 9.08. The number of nitrogens with one attached hydrogen (secondary N) is 2. The lowest BCUT2D eigenvalue weighted by atomic mass is 10.1. The van der Waals surface area contributed by atoms with Crippen molar-refractivity contribution >= 4 is 11.8 Å². The molecule has 3 aromatic rings. The van der Waals surface area contributed by atoms with E-state index in [9.17, 15) is 18.4 Å². The second-order valence-corrected chi connectivity index (χ2v) is 6.03. The van der Waals surface area contributed by atoms with Gasteiger partial charge in [-0.2, -0.15) is 5.10 Å². The van der Waals surface area contributed by atoms with E-state index >= 15 is 0 Å². The Balaban J connectivity index is 1.53. The highest BCUT2D eigenvalue weighted by atomic mass is 19.1. The number of rotatable bonds is 6. The first-order valence-corrected chi connectivity index (χ1v) is 8.41. The van der Waals surface area contributed by atoms with Gasteiger partial charge in [-0.15, -0.1) is 0 Å². The summed E-state index contributed by atoms with van der Waals surface area (Å²) in [6.45, 7) is 1.46. The molecular formula is C19H17F2N5O2. The maximum atomic E-state index is 13.6. The summed E-state index contributed by atoms with van der Waals surface area (Å²) < 4.78 is 28.1. The molecule has 1 aromatic heterocycles. The number of hydrogen-bond acceptors (Lipinski definition) is 4. The number of benzene rings is 2. The summed E-state index contributed by atoms with van der Waals surface area (Å²) in [5.74, 6) is -3.00. The third-order valence-corrected chi connectivity index (χ3v) is 4.04. The Bertz CT molecular complexity index is 974. The Morgan fingerprint density at radius 2 is 1.89 bits per heavy atom. The minimum Gasteiger partial charge on any atom is -0.348 e. The van der Waals surface area contributed by atoms with Gasteiger partial charge in [-0.05, 0) is 36.8 Å². The van der Waals surface area contributed by atoms with Gasteiger partial charge in [0.25, 0.3) is 5.91 Å². The highest BCUT2D eigenvalue weighted by Crippen LogP contribution is 2.15. The molecule has 0 saturated carbocycles. The number of hydrogen-bond donors (Lipinski definition) is 2. The van der Waals surface area contributed by atoms with Crippen molar-refractivity contribution in [2.24, 2.45) is 0 Å². The molecule has 0 spiro atoms. The van der Waals surface area contributed by atoms with Crippen molar-refractivity contribution in [1.29, 1.82) is 0 Å². The zero-order valence-corrected chi connectivity index (χ0v) is 14.9. The summed E-state index contributed by atoms with van der Waals surface area (Å²) >= 11 is 0. The minimum atomic E-state index is -0.987. The lowest BCUT2D eigenvalue weighted by molar-refractivity contribution is -0.120. The normalized spacial score (nSPS) is 11.7. The Hall–Kier alpha value is -3.62. The summed E-state index contributed by atoms with van der Waals surface area (Å²) in [6.07, 6.45) is 3.01. The van der Waals surface area contributed by atoms with E-state index in [1.165, 1.54) is 6.33 Å². The molecular weight excluding hydrogens is 368 g/mol. The van der Waals surface area contributed by atoms with E-state index in [0.29, 0.717) is 6.07 Å². The Morgan fingerprint density at radius 1 is 1.14 bits per heavy atom. The molecule has 0 aliphatic rings. The zero-order chi connectivity index (χ0) is 20.1. The van der Waals surface area contributed by atoms with Crippen molar-refractivity contribution in [2.75, 3.05) is 6.54 Å². The van der Waals surface area contributed by atoms with Crippen LogP contribution in [0.4, 0.5) is 8.78 Å². The standard InChI is InChI=1S/C19H17F2N5O2/c1-12(13-2-5-15(6-3-13)26-11-22-10-24-26)25-18(27)9-23-19(28)16-7-4-14(20)8-17(16)21/h2-8,10-12H,9H2,1H3,(H,23,28)(H,25,27). The smallest absolute Gasteiger partial charge is 0.254 e. The Morgan fingerprint density at radius 3 is 2.54 bits per heavy atom. The summed E-state index contributed by atoms with van der Waals surface area (Å²) in [5.41, 5.74) is 1.35. The number of nitrogens with zero attached hydrogens (tertiary/aromatic N) is 3. The molecule has 2 aromatic carbocycles. The number of amides is 2. The van der Waals surface area contributed by atoms with Crippen molar-refractivity contribution in [3.05, 3.63) is 77.9 Å². The van der Waals surface area contributed by atoms with Crippen molar-refractivity contribution < 1.29 is 18.4 Å². The highest BCUT2D eigenvalue weighted by Gasteiger charge is 2.15. The van der Waals surface area contributed by atoms with E-state index < -0.39 is 23.4 Å². The van der Waals surface area contributed by atoms with Gasteiger partial charge in [0.2, 0.25) is 5.91 Å². The maximum absolute atomic E-state index is 13.6. The Labute approximate surface area is 159 Å². The predicted octanol–water partition coefficient (Wildman–Crippen LogP) is 2.15. The molecule has 0 saturated heterocycles. The molecule has 3 rings (SSSR count). The van der Waals surface area contributed by atoms with Gasteiger partial charge in [0.05, 0.1) is 23.8 Å². The van der Waals surface area contributed by atoms with Crippen molar-refractivity contribution in [3.63, 3.8) is 0 Å². The maximum Gasteiger partial charge on any atom is 0.254 e. The number of carbonyl (C=O) groups is 2. The molecule has 28 heavy (non-hydrogen) atoms. The molecule has 1 unspecified atom stereocenters. The van der Waals surface area contributed by atoms with Gasteiger partial charge >= 0.3 is 0 Å². The summed E-state index contributed by atoms with van der Waals surface area (Å²) in [4.78, 5) is 27.9. The molecule has 0 aliphatic heterocycles. The Kier molecular flexibility index (Phi) is 5.73. The average molecular weight is 385 g/mol. The lowest BCUT2D eigenvalue weighted by Crippen LogP contribution is -2.38. The molecule has 0 bridgehead atoms. The van der Waals surface area contributed by atoms with Crippen molar-refractivity contribution in [3.8, 4) is 5.69 Å². The molecule has 2 N–H and O–H groups in total. The third kappa shape index (κ3) is 4.56. The largest absolute Gasteiger partial charge is 0.348 e. The zero-order valence-electron chi connectivity index (χ0n) is 14.9. The lowest BCUT2D eigenvalue weighted by Gasteiger charge is -2.15. The van der Waals surface area contributed by atoms with Gasteiger partial charge in [-0.1, -0.05) is 12.1 Å². The van der Waals surface area contributed by atoms with Gasteiger partial charge in [-0.3, -0.25) is 9.59 Å². The van der Waals surface area contributed by atoms with Crippen molar-refractivity contribution in [2.45, 2.75) is 13.0 Å². The van der Waals surface area contributed by atoms with Crippen molar-refractivity contribution in [1.82, 2.24) is 25.4 Å². The van der Waals surface area contributed by atoms with Crippen LogP contribution in [0.15, 0.2) is 55.1 Å². The van der Waals surface area contributed by atoms with Crippen LogP contribution in [0.1, 0.15) is 28.9 Å². The fraction of sp³-hybridized carbons (Fsp3) is 0.158. The minimum absolute atomic E-state index is 0.309. The van der Waals surface area contributed by atoms with Crippen LogP contribution >= 0.6 is 0 Å². The first-order chi connectivity index (χ1) is 13.4. The average Bonchev–Trinajstić information content (AvgIpc) is 3.21. The van der Waals surface area contributed by atoms with Crippen LogP contribution in [0.5, 0.6) is 0 Å². The quantitative estimate of drug-likeness (QED) is 0.681. The van der Waals surface area contributed by atoms with Crippen LogP contribution < -0.4 is 10.6 Å². The van der Waals surface area contributed by atoms with Crippen LogP contribution in [0, 0.1) is 11.6 Å². The molecule has 1 heterocycles. The van der Waals surface area contributed by atoms with E-state index in [1.54, 1.807) is 17.9 Å². The van der Waals surface area contributed by atoms with Crippen LogP contribution in [0.2, 0.25) is 0 Å². The van der Waals surface area contributed by atoms with Crippen LogP contribution in [-0.4, -0.2) is 33.1 Å². The van der Waals surface area contributed by atoms with Gasteiger partial charge in [0.1, 0.15) is 24.3 Å². The van der Waals surface area contributed by atoms with E-state index in [1.807, 2.05) is 24.3 Å². The van der Waals surface area contributed by atoms with E-state index in [2.05, 4.69) is 20.7 Å². The fourth-order valence-corrected chi connectivity index (χ4v) is 2.56. The van der Waals surface area contributed by atoms with Gasteiger partial charge in [0, 0.05) is 6.07 Å². The third-order valence-electron chi connectivity index (χ3n) is 4.04. The molecule has 0 radical (unpaired) electrons. The summed E-state index contributed by atoms with van der Waals surface area (Å²) in [6, 6.07) is 9.66. The SMILES string of the molecule is CC(NC(=O)CNC(=O)c1ccc(F)cc1F)c1ccc(-n2cncn2)cc1. The number of carbonyl (C=O) groups excluding carboxylic acids is 2. The molecule has 9 heteroatoms. The van der Waals surface area contributed by atoms with E-state index in [0.717, 1.165) is 23.4 Å². The predicted molar refractivity (Wildman–Crippen MR) is 96.6 cm³/mol. The van der Waals surface area contributed by atoms with Gasteiger partial charge in [-0.25, -0.2) is 18.4 Å². The highest BCUT2D eigenvalue weighted by molar-refractivity contribution is 5.96. The number of halogens is 2. The van der Waals surface area contributed by atoms with Gasteiger partial charge < -0.3 is 10.6 Å². The van der Waals surface area contributed by atoms with Crippen LogP contribution in [-0.2, 0) is 4.79 Å². The van der Waals surface area contributed by atoms with Crippen LogP contribution in [0.25, 0.3) is 5.69 Å². The second-order valence-electron chi connectivity index (χ2n) is 6.03. The first-order valence-electron chi connectivity index (χ1n) is 8.41. The molecule has 2 amide bonds. The molecule has 7 nitrogen and oxygen atoms in total.